The Morgan fingerprint density at radius 3 is 2.83 bits per heavy atom. The van der Waals surface area contributed by atoms with E-state index in [4.69, 9.17) is 14.2 Å². The van der Waals surface area contributed by atoms with Crippen LogP contribution in [0.4, 0.5) is 11.4 Å². The van der Waals surface area contributed by atoms with Crippen LogP contribution in [-0.4, -0.2) is 66.6 Å². The van der Waals surface area contributed by atoms with Crippen molar-refractivity contribution in [2.75, 3.05) is 51.9 Å². The van der Waals surface area contributed by atoms with Crippen LogP contribution in [0.15, 0.2) is 42.7 Å². The van der Waals surface area contributed by atoms with E-state index in [9.17, 15) is 5.26 Å². The fourth-order valence-corrected chi connectivity index (χ4v) is 4.15. The van der Waals surface area contributed by atoms with E-state index in [1.165, 1.54) is 0 Å². The first-order chi connectivity index (χ1) is 16.7. The molecule has 1 fully saturated rings. The second kappa shape index (κ2) is 11.2. The SMILES string of the molecule is COc1cc2ncc(C#N)c(Nc3ccc4cn[nH]c4c3)c2cc1OCCCN1CCOCC1.Cl. The van der Waals surface area contributed by atoms with E-state index in [0.29, 0.717) is 34.9 Å². The number of hydrogen-bond acceptors (Lipinski definition) is 8. The van der Waals surface area contributed by atoms with Crippen LogP contribution in [0.25, 0.3) is 21.8 Å². The van der Waals surface area contributed by atoms with Gasteiger partial charge in [0, 0.05) is 48.4 Å². The highest BCUT2D eigenvalue weighted by atomic mass is 35.5. The second-order valence-corrected chi connectivity index (χ2v) is 8.13. The Hall–Kier alpha value is -3.58. The van der Waals surface area contributed by atoms with Gasteiger partial charge in [-0.25, -0.2) is 0 Å². The summed E-state index contributed by atoms with van der Waals surface area (Å²) in [7, 11) is 1.62. The molecule has 4 aromatic rings. The summed E-state index contributed by atoms with van der Waals surface area (Å²) >= 11 is 0. The van der Waals surface area contributed by atoms with E-state index in [-0.39, 0.29) is 12.4 Å². The minimum Gasteiger partial charge on any atom is -0.493 e. The third kappa shape index (κ3) is 5.41. The lowest BCUT2D eigenvalue weighted by molar-refractivity contribution is 0.0357. The number of fused-ring (bicyclic) bond motifs is 2. The Kier molecular flexibility index (Phi) is 7.87. The molecule has 1 aliphatic heterocycles. The smallest absolute Gasteiger partial charge is 0.162 e. The summed E-state index contributed by atoms with van der Waals surface area (Å²) in [6.45, 7) is 5.02. The highest BCUT2D eigenvalue weighted by Gasteiger charge is 2.15. The van der Waals surface area contributed by atoms with Gasteiger partial charge < -0.3 is 19.5 Å². The number of H-pyrrole nitrogens is 1. The topological polar surface area (TPSA) is 108 Å². The molecule has 10 heteroatoms. The van der Waals surface area contributed by atoms with Crippen molar-refractivity contribution < 1.29 is 14.2 Å². The summed E-state index contributed by atoms with van der Waals surface area (Å²) in [6, 6.07) is 11.9. The number of benzene rings is 2. The van der Waals surface area contributed by atoms with Crippen LogP contribution in [0.1, 0.15) is 12.0 Å². The molecule has 0 unspecified atom stereocenters. The first kappa shape index (κ1) is 24.5. The van der Waals surface area contributed by atoms with Crippen molar-refractivity contribution in [2.45, 2.75) is 6.42 Å². The van der Waals surface area contributed by atoms with Crippen molar-refractivity contribution in [2.24, 2.45) is 0 Å². The first-order valence-corrected chi connectivity index (χ1v) is 11.3. The maximum absolute atomic E-state index is 9.75. The number of morpholine rings is 1. The molecule has 2 aromatic heterocycles. The van der Waals surface area contributed by atoms with Crippen molar-refractivity contribution in [1.29, 1.82) is 5.26 Å². The molecule has 1 aliphatic rings. The van der Waals surface area contributed by atoms with Crippen LogP contribution in [0.3, 0.4) is 0 Å². The lowest BCUT2D eigenvalue weighted by Gasteiger charge is -2.26. The number of halogens is 1. The van der Waals surface area contributed by atoms with Crippen LogP contribution in [-0.2, 0) is 4.74 Å². The molecule has 1 saturated heterocycles. The van der Waals surface area contributed by atoms with Gasteiger partial charge in [-0.2, -0.15) is 10.4 Å². The van der Waals surface area contributed by atoms with Crippen molar-refractivity contribution >= 4 is 45.6 Å². The van der Waals surface area contributed by atoms with Crippen LogP contribution < -0.4 is 14.8 Å². The van der Waals surface area contributed by atoms with Gasteiger partial charge in [0.05, 0.1) is 55.4 Å². The molecule has 0 saturated carbocycles. The largest absolute Gasteiger partial charge is 0.493 e. The number of hydrogen-bond donors (Lipinski definition) is 2. The quantitative estimate of drug-likeness (QED) is 0.350. The van der Waals surface area contributed by atoms with Crippen molar-refractivity contribution in [3.63, 3.8) is 0 Å². The Labute approximate surface area is 209 Å². The van der Waals surface area contributed by atoms with Crippen LogP contribution in [0, 0.1) is 11.3 Å². The number of aromatic nitrogens is 3. The zero-order valence-corrected chi connectivity index (χ0v) is 20.2. The van der Waals surface area contributed by atoms with E-state index in [0.717, 1.165) is 61.2 Å². The minimum atomic E-state index is 0. The van der Waals surface area contributed by atoms with E-state index in [1.54, 1.807) is 19.5 Å². The van der Waals surface area contributed by atoms with Gasteiger partial charge in [-0.05, 0) is 30.7 Å². The Morgan fingerprint density at radius 2 is 2.03 bits per heavy atom. The molecular weight excluding hydrogens is 468 g/mol. The highest BCUT2D eigenvalue weighted by Crippen LogP contribution is 2.37. The van der Waals surface area contributed by atoms with Gasteiger partial charge in [-0.15, -0.1) is 12.4 Å². The second-order valence-electron chi connectivity index (χ2n) is 8.13. The number of pyridine rings is 1. The van der Waals surface area contributed by atoms with Gasteiger partial charge in [0.25, 0.3) is 0 Å². The predicted molar refractivity (Wildman–Crippen MR) is 137 cm³/mol. The molecule has 0 spiro atoms. The number of methoxy groups -OCH3 is 1. The zero-order valence-electron chi connectivity index (χ0n) is 19.4. The Morgan fingerprint density at radius 1 is 1.17 bits per heavy atom. The molecule has 0 radical (unpaired) electrons. The van der Waals surface area contributed by atoms with Gasteiger partial charge >= 0.3 is 0 Å². The minimum absolute atomic E-state index is 0. The summed E-state index contributed by atoms with van der Waals surface area (Å²) in [5.74, 6) is 1.24. The van der Waals surface area contributed by atoms with Crippen LogP contribution >= 0.6 is 12.4 Å². The molecule has 2 aromatic carbocycles. The number of ether oxygens (including phenoxy) is 3. The molecule has 2 N–H and O–H groups in total. The summed E-state index contributed by atoms with van der Waals surface area (Å²) in [6.07, 6.45) is 4.24. The number of anilines is 2. The summed E-state index contributed by atoms with van der Waals surface area (Å²) in [5, 5.41) is 22.0. The van der Waals surface area contributed by atoms with Gasteiger partial charge in [-0.1, -0.05) is 0 Å². The number of nitrogens with zero attached hydrogens (tertiary/aromatic N) is 4. The molecule has 5 rings (SSSR count). The standard InChI is InChI=1S/C25H26N6O3.ClH/c1-32-23-13-22-20(12-24(23)34-8-2-5-31-6-9-33-10-7-31)25(18(14-26)15-27-22)29-19-4-3-17-16-28-30-21(17)11-19;/h3-4,11-13,15-16H,2,5-10H2,1H3,(H,27,29)(H,28,30);1H. The number of nitriles is 1. The Bertz CT molecular complexity index is 1350. The van der Waals surface area contributed by atoms with E-state index < -0.39 is 0 Å². The maximum Gasteiger partial charge on any atom is 0.162 e. The molecule has 182 valence electrons. The van der Waals surface area contributed by atoms with E-state index in [1.807, 2.05) is 30.3 Å². The summed E-state index contributed by atoms with van der Waals surface area (Å²) < 4.78 is 17.1. The normalized spacial score (nSPS) is 13.8. The van der Waals surface area contributed by atoms with Gasteiger partial charge in [0.2, 0.25) is 0 Å². The molecule has 9 nitrogen and oxygen atoms in total. The molecule has 35 heavy (non-hydrogen) atoms. The molecule has 0 amide bonds. The summed E-state index contributed by atoms with van der Waals surface area (Å²) in [5.41, 5.74) is 3.58. The van der Waals surface area contributed by atoms with Crippen molar-refractivity contribution in [3.05, 3.63) is 48.3 Å². The first-order valence-electron chi connectivity index (χ1n) is 11.3. The van der Waals surface area contributed by atoms with Gasteiger partial charge in [-0.3, -0.25) is 15.0 Å². The number of nitrogens with one attached hydrogen (secondary N) is 2. The highest BCUT2D eigenvalue weighted by molar-refractivity contribution is 5.98. The lowest BCUT2D eigenvalue weighted by atomic mass is 10.1. The Balaban J connectivity index is 0.00000289. The molecule has 3 heterocycles. The number of aromatic amines is 1. The fourth-order valence-electron chi connectivity index (χ4n) is 4.15. The maximum atomic E-state index is 9.75. The molecule has 0 aliphatic carbocycles. The van der Waals surface area contributed by atoms with Gasteiger partial charge in [0.1, 0.15) is 6.07 Å². The molecular formula is C25H27ClN6O3. The van der Waals surface area contributed by atoms with Gasteiger partial charge in [0.15, 0.2) is 11.5 Å². The molecule has 0 atom stereocenters. The predicted octanol–water partition coefficient (Wildman–Crippen LogP) is 4.26. The van der Waals surface area contributed by atoms with Crippen LogP contribution in [0.2, 0.25) is 0 Å². The fraction of sp³-hybridized carbons (Fsp3) is 0.320. The summed E-state index contributed by atoms with van der Waals surface area (Å²) in [4.78, 5) is 6.85. The lowest BCUT2D eigenvalue weighted by Crippen LogP contribution is -2.37. The van der Waals surface area contributed by atoms with Crippen LogP contribution in [0.5, 0.6) is 11.5 Å². The average Bonchev–Trinajstić information content (AvgIpc) is 3.35. The number of rotatable bonds is 8. The average molecular weight is 495 g/mol. The molecule has 0 bridgehead atoms. The van der Waals surface area contributed by atoms with Crippen molar-refractivity contribution in [1.82, 2.24) is 20.1 Å². The third-order valence-electron chi connectivity index (χ3n) is 5.97. The van der Waals surface area contributed by atoms with E-state index in [2.05, 4.69) is 31.5 Å². The zero-order chi connectivity index (χ0) is 23.3. The third-order valence-corrected chi connectivity index (χ3v) is 5.97. The van der Waals surface area contributed by atoms with E-state index >= 15 is 0 Å². The van der Waals surface area contributed by atoms with Crippen molar-refractivity contribution in [3.8, 4) is 17.6 Å². The monoisotopic (exact) mass is 494 g/mol.